The normalized spacial score (nSPS) is 14.0. The van der Waals surface area contributed by atoms with Crippen LogP contribution in [0, 0.1) is 0 Å². The van der Waals surface area contributed by atoms with E-state index in [9.17, 15) is 9.59 Å². The van der Waals surface area contributed by atoms with Crippen molar-refractivity contribution in [2.24, 2.45) is 0 Å². The lowest BCUT2D eigenvalue weighted by Crippen LogP contribution is -2.41. The van der Waals surface area contributed by atoms with E-state index < -0.39 is 0 Å². The number of hydrogen-bond acceptors (Lipinski definition) is 4. The van der Waals surface area contributed by atoms with Crippen molar-refractivity contribution in [3.8, 4) is 5.75 Å². The molecule has 0 atom stereocenters. The topological polar surface area (TPSA) is 67.4 Å². The first-order valence-electron chi connectivity index (χ1n) is 8.53. The molecule has 0 aliphatic heterocycles. The fourth-order valence-corrected chi connectivity index (χ4v) is 4.09. The Balaban J connectivity index is 1.60. The lowest BCUT2D eigenvalue weighted by molar-refractivity contribution is 0.0849. The summed E-state index contributed by atoms with van der Waals surface area (Å²) in [7, 11) is 1.57. The van der Waals surface area contributed by atoms with Crippen LogP contribution in [0.3, 0.4) is 0 Å². The van der Waals surface area contributed by atoms with Crippen molar-refractivity contribution in [1.29, 1.82) is 0 Å². The summed E-state index contributed by atoms with van der Waals surface area (Å²) >= 11 is 1.54. The number of hydrogen-bond donors (Lipinski definition) is 2. The molecule has 0 fully saturated rings. The predicted molar refractivity (Wildman–Crippen MR) is 98.1 cm³/mol. The van der Waals surface area contributed by atoms with Crippen molar-refractivity contribution in [2.75, 3.05) is 7.11 Å². The summed E-state index contributed by atoms with van der Waals surface area (Å²) in [6.45, 7) is 0. The Labute approximate surface area is 151 Å². The van der Waals surface area contributed by atoms with Gasteiger partial charge in [0, 0.05) is 10.4 Å². The Morgan fingerprint density at radius 1 is 0.960 bits per heavy atom. The summed E-state index contributed by atoms with van der Waals surface area (Å²) in [6, 6.07) is 8.68. The SMILES string of the molecule is COc1ccc(C(=O)NNC(=O)c2cc3c(s2)CCCCCC3)cc1. The molecule has 1 aromatic carbocycles. The van der Waals surface area contributed by atoms with Crippen LogP contribution in [0.1, 0.15) is 56.2 Å². The average molecular weight is 358 g/mol. The molecule has 132 valence electrons. The van der Waals surface area contributed by atoms with Crippen molar-refractivity contribution < 1.29 is 14.3 Å². The van der Waals surface area contributed by atoms with Gasteiger partial charge in [0.2, 0.25) is 0 Å². The lowest BCUT2D eigenvalue weighted by atomic mass is 10.00. The molecule has 25 heavy (non-hydrogen) atoms. The molecule has 1 aromatic heterocycles. The van der Waals surface area contributed by atoms with Crippen LogP contribution in [0.15, 0.2) is 30.3 Å². The predicted octanol–water partition coefficient (Wildman–Crippen LogP) is 3.49. The monoisotopic (exact) mass is 358 g/mol. The number of aryl methyl sites for hydroxylation is 2. The van der Waals surface area contributed by atoms with Gasteiger partial charge < -0.3 is 4.74 Å². The minimum Gasteiger partial charge on any atom is -0.497 e. The molecule has 2 aromatic rings. The number of carbonyl (C=O) groups is 2. The van der Waals surface area contributed by atoms with Crippen molar-refractivity contribution >= 4 is 23.2 Å². The summed E-state index contributed by atoms with van der Waals surface area (Å²) in [5, 5.41) is 0. The molecule has 1 aliphatic carbocycles. The van der Waals surface area contributed by atoms with Crippen LogP contribution in [-0.4, -0.2) is 18.9 Å². The van der Waals surface area contributed by atoms with Gasteiger partial charge in [0.05, 0.1) is 12.0 Å². The van der Waals surface area contributed by atoms with E-state index in [0.29, 0.717) is 16.2 Å². The highest BCUT2D eigenvalue weighted by Gasteiger charge is 2.16. The first-order chi connectivity index (χ1) is 12.2. The van der Waals surface area contributed by atoms with E-state index >= 15 is 0 Å². The number of methoxy groups -OCH3 is 1. The molecule has 6 heteroatoms. The molecule has 0 bridgehead atoms. The van der Waals surface area contributed by atoms with Crippen molar-refractivity contribution in [3.63, 3.8) is 0 Å². The number of fused-ring (bicyclic) bond motifs is 1. The Morgan fingerprint density at radius 2 is 1.64 bits per heavy atom. The van der Waals surface area contributed by atoms with Crippen LogP contribution in [-0.2, 0) is 12.8 Å². The number of nitrogens with one attached hydrogen (secondary N) is 2. The summed E-state index contributed by atoms with van der Waals surface area (Å²) in [6.07, 6.45) is 6.97. The number of rotatable bonds is 3. The molecule has 5 nitrogen and oxygen atoms in total. The van der Waals surface area contributed by atoms with E-state index in [1.54, 1.807) is 31.4 Å². The van der Waals surface area contributed by atoms with E-state index in [1.165, 1.54) is 47.5 Å². The van der Waals surface area contributed by atoms with Gasteiger partial charge in [-0.05, 0) is 61.6 Å². The standard InChI is InChI=1S/C19H22N2O3S/c1-24-15-10-8-13(9-11-15)18(22)20-21-19(23)17-12-14-6-4-2-3-5-7-16(14)25-17/h8-12H,2-7H2,1H3,(H,20,22)(H,21,23). The quantitative estimate of drug-likeness (QED) is 0.826. The first kappa shape index (κ1) is 17.5. The van der Waals surface area contributed by atoms with E-state index in [-0.39, 0.29) is 11.8 Å². The van der Waals surface area contributed by atoms with Gasteiger partial charge in [-0.15, -0.1) is 11.3 Å². The molecule has 2 amide bonds. The zero-order valence-corrected chi connectivity index (χ0v) is 15.1. The summed E-state index contributed by atoms with van der Waals surface area (Å²) in [5.41, 5.74) is 6.72. The third-order valence-corrected chi connectivity index (χ3v) is 5.60. The molecular weight excluding hydrogens is 336 g/mol. The number of hydrazine groups is 1. The Kier molecular flexibility index (Phi) is 5.71. The second kappa shape index (κ2) is 8.16. The number of carbonyl (C=O) groups excluding carboxylic acids is 2. The second-order valence-electron chi connectivity index (χ2n) is 6.11. The van der Waals surface area contributed by atoms with Crippen LogP contribution >= 0.6 is 11.3 Å². The number of benzene rings is 1. The van der Waals surface area contributed by atoms with Crippen LogP contribution in [0.2, 0.25) is 0 Å². The van der Waals surface area contributed by atoms with Gasteiger partial charge in [-0.2, -0.15) is 0 Å². The Morgan fingerprint density at radius 3 is 2.36 bits per heavy atom. The van der Waals surface area contributed by atoms with Gasteiger partial charge in [0.1, 0.15) is 5.75 Å². The first-order valence-corrected chi connectivity index (χ1v) is 9.35. The molecular formula is C19H22N2O3S. The smallest absolute Gasteiger partial charge is 0.279 e. The van der Waals surface area contributed by atoms with Crippen LogP contribution in [0.25, 0.3) is 0 Å². The van der Waals surface area contributed by atoms with Crippen molar-refractivity contribution in [1.82, 2.24) is 10.9 Å². The molecule has 1 heterocycles. The lowest BCUT2D eigenvalue weighted by Gasteiger charge is -2.07. The van der Waals surface area contributed by atoms with E-state index in [2.05, 4.69) is 10.9 Å². The summed E-state index contributed by atoms with van der Waals surface area (Å²) in [5.74, 6) is 0.0566. The van der Waals surface area contributed by atoms with Gasteiger partial charge in [-0.25, -0.2) is 0 Å². The van der Waals surface area contributed by atoms with Crippen molar-refractivity contribution in [3.05, 3.63) is 51.2 Å². The van der Waals surface area contributed by atoms with Gasteiger partial charge in [0.25, 0.3) is 11.8 Å². The summed E-state index contributed by atoms with van der Waals surface area (Å²) in [4.78, 5) is 26.4. The summed E-state index contributed by atoms with van der Waals surface area (Å²) < 4.78 is 5.06. The number of ether oxygens (including phenoxy) is 1. The number of amides is 2. The minimum atomic E-state index is -0.356. The maximum absolute atomic E-state index is 12.3. The van der Waals surface area contributed by atoms with Gasteiger partial charge in [-0.1, -0.05) is 12.8 Å². The highest BCUT2D eigenvalue weighted by atomic mass is 32.1. The molecule has 0 spiro atoms. The molecule has 0 radical (unpaired) electrons. The molecule has 1 aliphatic rings. The van der Waals surface area contributed by atoms with Gasteiger partial charge >= 0.3 is 0 Å². The minimum absolute atomic E-state index is 0.265. The third-order valence-electron chi connectivity index (χ3n) is 4.36. The van der Waals surface area contributed by atoms with Gasteiger partial charge in [0.15, 0.2) is 0 Å². The maximum Gasteiger partial charge on any atom is 0.279 e. The van der Waals surface area contributed by atoms with Crippen LogP contribution in [0.4, 0.5) is 0 Å². The van der Waals surface area contributed by atoms with E-state index in [0.717, 1.165) is 12.8 Å². The van der Waals surface area contributed by atoms with Crippen LogP contribution < -0.4 is 15.6 Å². The van der Waals surface area contributed by atoms with Gasteiger partial charge in [-0.3, -0.25) is 20.4 Å². The van der Waals surface area contributed by atoms with Crippen LogP contribution in [0.5, 0.6) is 5.75 Å². The zero-order valence-electron chi connectivity index (χ0n) is 14.3. The van der Waals surface area contributed by atoms with E-state index in [1.807, 2.05) is 6.07 Å². The zero-order chi connectivity index (χ0) is 17.6. The molecule has 2 N–H and O–H groups in total. The molecule has 0 saturated carbocycles. The van der Waals surface area contributed by atoms with Crippen molar-refractivity contribution in [2.45, 2.75) is 38.5 Å². The highest BCUT2D eigenvalue weighted by Crippen LogP contribution is 2.28. The Bertz CT molecular complexity index is 727. The maximum atomic E-state index is 12.3. The average Bonchev–Trinajstić information content (AvgIpc) is 3.01. The molecule has 0 unspecified atom stereocenters. The fourth-order valence-electron chi connectivity index (χ4n) is 2.95. The largest absolute Gasteiger partial charge is 0.497 e. The Hall–Kier alpha value is -2.34. The molecule has 0 saturated heterocycles. The van der Waals surface area contributed by atoms with E-state index in [4.69, 9.17) is 4.74 Å². The highest BCUT2D eigenvalue weighted by molar-refractivity contribution is 7.14. The second-order valence-corrected chi connectivity index (χ2v) is 7.25. The third kappa shape index (κ3) is 4.39. The molecule has 3 rings (SSSR count). The fraction of sp³-hybridized carbons (Fsp3) is 0.368. The number of thiophene rings is 1.